The molecule has 1 saturated carbocycles. The first-order chi connectivity index (χ1) is 8.61. The molecule has 0 aliphatic heterocycles. The Hall–Kier alpha value is -1.23. The molecule has 1 aliphatic rings. The molecule has 18 heavy (non-hydrogen) atoms. The lowest BCUT2D eigenvalue weighted by Gasteiger charge is -2.16. The molecule has 0 bridgehead atoms. The quantitative estimate of drug-likeness (QED) is 0.668. The first-order valence-corrected chi connectivity index (χ1v) is 7.44. The summed E-state index contributed by atoms with van der Waals surface area (Å²) >= 11 is 1.91. The number of hydrogen-bond donors (Lipinski definition) is 1. The van der Waals surface area contributed by atoms with E-state index in [4.69, 9.17) is 0 Å². The Morgan fingerprint density at radius 3 is 2.83 bits per heavy atom. The van der Waals surface area contributed by atoms with Gasteiger partial charge in [0.2, 0.25) is 0 Å². The van der Waals surface area contributed by atoms with Crippen molar-refractivity contribution in [1.82, 2.24) is 0 Å². The van der Waals surface area contributed by atoms with Crippen LogP contribution in [0.2, 0.25) is 0 Å². The van der Waals surface area contributed by atoms with E-state index in [-0.39, 0.29) is 10.6 Å². The molecule has 98 valence electrons. The lowest BCUT2D eigenvalue weighted by Crippen LogP contribution is -2.16. The zero-order valence-electron chi connectivity index (χ0n) is 10.7. The Bertz CT molecular complexity index is 451. The summed E-state index contributed by atoms with van der Waals surface area (Å²) < 4.78 is 0. The summed E-state index contributed by atoms with van der Waals surface area (Å²) in [7, 11) is 0. The van der Waals surface area contributed by atoms with Crippen molar-refractivity contribution in [2.24, 2.45) is 0 Å². The van der Waals surface area contributed by atoms with E-state index in [1.54, 1.807) is 12.1 Å². The molecule has 1 aliphatic carbocycles. The van der Waals surface area contributed by atoms with Crippen LogP contribution in [0, 0.1) is 17.0 Å². The molecule has 2 atom stereocenters. The summed E-state index contributed by atoms with van der Waals surface area (Å²) in [5, 5.41) is 15.1. The standard InChI is InChI=1S/C13H18N2O2S/c1-9-12(4-3-5-13(9)15(16)17)14-10-6-7-11(8-10)18-2/h3-5,10-11,14H,6-8H2,1-2H3. The summed E-state index contributed by atoms with van der Waals surface area (Å²) in [4.78, 5) is 10.6. The summed E-state index contributed by atoms with van der Waals surface area (Å²) in [6, 6.07) is 5.67. The summed E-state index contributed by atoms with van der Waals surface area (Å²) in [6.45, 7) is 1.81. The van der Waals surface area contributed by atoms with E-state index in [0.717, 1.165) is 29.3 Å². The van der Waals surface area contributed by atoms with Gasteiger partial charge in [-0.3, -0.25) is 10.1 Å². The van der Waals surface area contributed by atoms with Crippen LogP contribution in [0.1, 0.15) is 24.8 Å². The van der Waals surface area contributed by atoms with Crippen LogP contribution >= 0.6 is 11.8 Å². The highest BCUT2D eigenvalue weighted by Crippen LogP contribution is 2.32. The maximum Gasteiger partial charge on any atom is 0.274 e. The number of nitrogens with zero attached hydrogens (tertiary/aromatic N) is 1. The van der Waals surface area contributed by atoms with Crippen LogP contribution in [0.3, 0.4) is 0 Å². The Morgan fingerprint density at radius 1 is 1.44 bits per heavy atom. The molecule has 1 N–H and O–H groups in total. The minimum Gasteiger partial charge on any atom is -0.382 e. The molecule has 5 heteroatoms. The third kappa shape index (κ3) is 2.77. The number of nitrogens with one attached hydrogen (secondary N) is 1. The van der Waals surface area contributed by atoms with E-state index < -0.39 is 0 Å². The van der Waals surface area contributed by atoms with Crippen LogP contribution in [0.5, 0.6) is 0 Å². The summed E-state index contributed by atoms with van der Waals surface area (Å²) in [6.07, 6.45) is 5.66. The van der Waals surface area contributed by atoms with Gasteiger partial charge >= 0.3 is 0 Å². The number of nitro benzene ring substituents is 1. The maximum atomic E-state index is 10.9. The molecule has 4 nitrogen and oxygen atoms in total. The zero-order valence-corrected chi connectivity index (χ0v) is 11.5. The van der Waals surface area contributed by atoms with Gasteiger partial charge in [0.05, 0.1) is 4.92 Å². The number of nitro groups is 1. The maximum absolute atomic E-state index is 10.9. The van der Waals surface area contributed by atoms with Crippen molar-refractivity contribution in [3.63, 3.8) is 0 Å². The normalized spacial score (nSPS) is 23.0. The highest BCUT2D eigenvalue weighted by atomic mass is 32.2. The predicted molar refractivity (Wildman–Crippen MR) is 76.4 cm³/mol. The van der Waals surface area contributed by atoms with E-state index >= 15 is 0 Å². The predicted octanol–water partition coefficient (Wildman–Crippen LogP) is 3.60. The SMILES string of the molecule is CSC1CCC(Nc2cccc([N+](=O)[O-])c2C)C1. The van der Waals surface area contributed by atoms with E-state index in [1.807, 2.05) is 24.8 Å². The number of rotatable bonds is 4. The Morgan fingerprint density at radius 2 is 2.22 bits per heavy atom. The van der Waals surface area contributed by atoms with Crippen molar-refractivity contribution in [2.45, 2.75) is 37.5 Å². The monoisotopic (exact) mass is 266 g/mol. The second-order valence-electron chi connectivity index (χ2n) is 4.72. The molecule has 2 unspecified atom stereocenters. The van der Waals surface area contributed by atoms with Gasteiger partial charge < -0.3 is 5.32 Å². The third-order valence-electron chi connectivity index (χ3n) is 3.58. The molecule has 0 spiro atoms. The molecular formula is C13H18N2O2S. The fourth-order valence-corrected chi connectivity index (χ4v) is 3.28. The van der Waals surface area contributed by atoms with E-state index in [0.29, 0.717) is 6.04 Å². The summed E-state index contributed by atoms with van der Waals surface area (Å²) in [5.74, 6) is 0. The molecule has 1 aromatic rings. The Balaban J connectivity index is 2.10. The first-order valence-electron chi connectivity index (χ1n) is 6.15. The van der Waals surface area contributed by atoms with Gasteiger partial charge in [-0.1, -0.05) is 6.07 Å². The highest BCUT2D eigenvalue weighted by Gasteiger charge is 2.24. The molecule has 2 rings (SSSR count). The summed E-state index contributed by atoms with van der Waals surface area (Å²) in [5.41, 5.74) is 1.82. The third-order valence-corrected chi connectivity index (χ3v) is 4.67. The highest BCUT2D eigenvalue weighted by molar-refractivity contribution is 7.99. The van der Waals surface area contributed by atoms with Crippen molar-refractivity contribution >= 4 is 23.1 Å². The first kappa shape index (κ1) is 13.2. The molecular weight excluding hydrogens is 248 g/mol. The average Bonchev–Trinajstić information content (AvgIpc) is 2.79. The smallest absolute Gasteiger partial charge is 0.274 e. The molecule has 1 aromatic carbocycles. The zero-order chi connectivity index (χ0) is 13.1. The van der Waals surface area contributed by atoms with Gasteiger partial charge in [-0.15, -0.1) is 0 Å². The fourth-order valence-electron chi connectivity index (χ4n) is 2.48. The number of anilines is 1. The molecule has 0 radical (unpaired) electrons. The fraction of sp³-hybridized carbons (Fsp3) is 0.538. The van der Waals surface area contributed by atoms with Crippen molar-refractivity contribution in [3.05, 3.63) is 33.9 Å². The van der Waals surface area contributed by atoms with Crippen molar-refractivity contribution in [3.8, 4) is 0 Å². The molecule has 0 amide bonds. The van der Waals surface area contributed by atoms with Gasteiger partial charge in [-0.25, -0.2) is 0 Å². The minimum atomic E-state index is -0.320. The molecule has 0 saturated heterocycles. The topological polar surface area (TPSA) is 55.2 Å². The number of hydrogen-bond acceptors (Lipinski definition) is 4. The van der Waals surface area contributed by atoms with Gasteiger partial charge in [-0.05, 0) is 38.5 Å². The van der Waals surface area contributed by atoms with Crippen molar-refractivity contribution in [2.75, 3.05) is 11.6 Å². The molecule has 0 heterocycles. The van der Waals surface area contributed by atoms with E-state index in [2.05, 4.69) is 11.6 Å². The molecule has 1 fully saturated rings. The number of benzene rings is 1. The van der Waals surface area contributed by atoms with Gasteiger partial charge in [0.25, 0.3) is 5.69 Å². The second-order valence-corrected chi connectivity index (χ2v) is 5.86. The minimum absolute atomic E-state index is 0.194. The van der Waals surface area contributed by atoms with Crippen molar-refractivity contribution < 1.29 is 4.92 Å². The Labute approximate surface area is 111 Å². The van der Waals surface area contributed by atoms with Crippen LogP contribution < -0.4 is 5.32 Å². The van der Waals surface area contributed by atoms with Crippen LogP contribution in [-0.4, -0.2) is 22.5 Å². The lowest BCUT2D eigenvalue weighted by molar-refractivity contribution is -0.385. The van der Waals surface area contributed by atoms with Crippen LogP contribution in [0.25, 0.3) is 0 Å². The van der Waals surface area contributed by atoms with Gasteiger partial charge in [-0.2, -0.15) is 11.8 Å². The van der Waals surface area contributed by atoms with E-state index in [9.17, 15) is 10.1 Å². The van der Waals surface area contributed by atoms with E-state index in [1.165, 1.54) is 6.42 Å². The second kappa shape index (κ2) is 5.61. The van der Waals surface area contributed by atoms with Crippen LogP contribution in [-0.2, 0) is 0 Å². The van der Waals surface area contributed by atoms with Gasteiger partial charge in [0.15, 0.2) is 0 Å². The Kier molecular flexibility index (Phi) is 4.11. The largest absolute Gasteiger partial charge is 0.382 e. The lowest BCUT2D eigenvalue weighted by atomic mass is 10.1. The van der Waals surface area contributed by atoms with Gasteiger partial charge in [0, 0.05) is 28.6 Å². The van der Waals surface area contributed by atoms with Crippen molar-refractivity contribution in [1.29, 1.82) is 0 Å². The molecule has 0 aromatic heterocycles. The van der Waals surface area contributed by atoms with Crippen LogP contribution in [0.15, 0.2) is 18.2 Å². The average molecular weight is 266 g/mol. The van der Waals surface area contributed by atoms with Gasteiger partial charge in [0.1, 0.15) is 0 Å². The van der Waals surface area contributed by atoms with Crippen LogP contribution in [0.4, 0.5) is 11.4 Å². The number of thioether (sulfide) groups is 1.